The molecular weight excluding hydrogens is 244 g/mol. The predicted molar refractivity (Wildman–Crippen MR) is 77.7 cm³/mol. The Kier molecular flexibility index (Phi) is 5.83. The Bertz CT molecular complexity index is 267. The van der Waals surface area contributed by atoms with Crippen LogP contribution in [0.2, 0.25) is 0 Å². The second-order valence-electron chi connectivity index (χ2n) is 5.51. The van der Waals surface area contributed by atoms with E-state index in [1.165, 1.54) is 44.3 Å². The first kappa shape index (κ1) is 14.2. The lowest BCUT2D eigenvalue weighted by atomic mass is 10.0. The molecule has 1 saturated heterocycles. The molecule has 4 heteroatoms. The number of carbonyl (C=O) groups is 1. The van der Waals surface area contributed by atoms with Gasteiger partial charge in [-0.25, -0.2) is 0 Å². The van der Waals surface area contributed by atoms with Crippen molar-refractivity contribution < 1.29 is 4.79 Å². The van der Waals surface area contributed by atoms with E-state index in [1.54, 1.807) is 0 Å². The highest BCUT2D eigenvalue weighted by molar-refractivity contribution is 7.98. The van der Waals surface area contributed by atoms with Crippen molar-refractivity contribution in [2.75, 3.05) is 25.1 Å². The summed E-state index contributed by atoms with van der Waals surface area (Å²) >= 11 is 1.91. The Morgan fingerprint density at radius 3 is 2.78 bits per heavy atom. The van der Waals surface area contributed by atoms with Gasteiger partial charge in [-0.3, -0.25) is 10.1 Å². The van der Waals surface area contributed by atoms with Gasteiger partial charge in [0.05, 0.1) is 12.7 Å². The first-order chi connectivity index (χ1) is 8.83. The SMILES string of the molecule is CSCCCCCN1C(=O)CNC1C1CCCC1. The zero-order valence-electron chi connectivity index (χ0n) is 11.5. The Morgan fingerprint density at radius 2 is 2.06 bits per heavy atom. The third kappa shape index (κ3) is 3.64. The molecule has 2 aliphatic rings. The van der Waals surface area contributed by atoms with E-state index in [4.69, 9.17) is 0 Å². The summed E-state index contributed by atoms with van der Waals surface area (Å²) in [6.45, 7) is 1.52. The summed E-state index contributed by atoms with van der Waals surface area (Å²) in [6, 6.07) is 0. The number of nitrogens with zero attached hydrogens (tertiary/aromatic N) is 1. The maximum atomic E-state index is 11.9. The van der Waals surface area contributed by atoms with Crippen molar-refractivity contribution in [3.05, 3.63) is 0 Å². The summed E-state index contributed by atoms with van der Waals surface area (Å²) in [5.41, 5.74) is 0. The maximum Gasteiger partial charge on any atom is 0.237 e. The van der Waals surface area contributed by atoms with E-state index in [9.17, 15) is 4.79 Å². The summed E-state index contributed by atoms with van der Waals surface area (Å²) < 4.78 is 0. The molecule has 18 heavy (non-hydrogen) atoms. The van der Waals surface area contributed by atoms with Gasteiger partial charge in [0, 0.05) is 6.54 Å². The van der Waals surface area contributed by atoms with Crippen LogP contribution in [0.4, 0.5) is 0 Å². The minimum absolute atomic E-state index is 0.316. The molecule has 1 atom stereocenters. The van der Waals surface area contributed by atoms with E-state index in [-0.39, 0.29) is 0 Å². The zero-order valence-corrected chi connectivity index (χ0v) is 12.3. The number of unbranched alkanes of at least 4 members (excludes halogenated alkanes) is 2. The van der Waals surface area contributed by atoms with Crippen molar-refractivity contribution in [3.63, 3.8) is 0 Å². The number of nitrogens with one attached hydrogen (secondary N) is 1. The Morgan fingerprint density at radius 1 is 1.28 bits per heavy atom. The molecule has 104 valence electrons. The zero-order chi connectivity index (χ0) is 12.8. The van der Waals surface area contributed by atoms with Gasteiger partial charge < -0.3 is 4.90 Å². The fourth-order valence-corrected chi connectivity index (χ4v) is 3.71. The van der Waals surface area contributed by atoms with Gasteiger partial charge in [0.25, 0.3) is 0 Å². The van der Waals surface area contributed by atoms with Crippen molar-refractivity contribution in [2.24, 2.45) is 5.92 Å². The minimum Gasteiger partial charge on any atom is -0.326 e. The van der Waals surface area contributed by atoms with E-state index < -0.39 is 0 Å². The minimum atomic E-state index is 0.316. The molecule has 2 rings (SSSR count). The average Bonchev–Trinajstić information content (AvgIpc) is 2.99. The van der Waals surface area contributed by atoms with Crippen LogP contribution < -0.4 is 5.32 Å². The van der Waals surface area contributed by atoms with Crippen molar-refractivity contribution in [1.29, 1.82) is 0 Å². The molecule has 0 radical (unpaired) electrons. The first-order valence-corrected chi connectivity index (χ1v) is 8.74. The van der Waals surface area contributed by atoms with Gasteiger partial charge in [0.1, 0.15) is 0 Å². The summed E-state index contributed by atoms with van der Waals surface area (Å²) in [4.78, 5) is 14.0. The molecule has 0 aromatic carbocycles. The molecule has 0 bridgehead atoms. The smallest absolute Gasteiger partial charge is 0.237 e. The fourth-order valence-electron chi connectivity index (χ4n) is 3.22. The summed E-state index contributed by atoms with van der Waals surface area (Å²) in [5, 5.41) is 3.42. The molecule has 0 aromatic heterocycles. The van der Waals surface area contributed by atoms with Crippen LogP contribution >= 0.6 is 11.8 Å². The molecule has 1 heterocycles. The molecule has 0 aromatic rings. The number of hydrogen-bond acceptors (Lipinski definition) is 3. The summed E-state index contributed by atoms with van der Waals surface area (Å²) in [7, 11) is 0. The van der Waals surface area contributed by atoms with E-state index in [0.717, 1.165) is 13.0 Å². The number of hydrogen-bond donors (Lipinski definition) is 1. The van der Waals surface area contributed by atoms with E-state index in [2.05, 4.69) is 16.5 Å². The highest BCUT2D eigenvalue weighted by atomic mass is 32.2. The molecule has 1 N–H and O–H groups in total. The lowest BCUT2D eigenvalue weighted by Gasteiger charge is -2.29. The number of thioether (sulfide) groups is 1. The van der Waals surface area contributed by atoms with Gasteiger partial charge in [-0.2, -0.15) is 11.8 Å². The van der Waals surface area contributed by atoms with E-state index in [0.29, 0.717) is 24.5 Å². The van der Waals surface area contributed by atoms with Crippen LogP contribution in [-0.2, 0) is 4.79 Å². The average molecular weight is 270 g/mol. The highest BCUT2D eigenvalue weighted by Gasteiger charge is 2.36. The fraction of sp³-hybridized carbons (Fsp3) is 0.929. The Hall–Kier alpha value is -0.220. The van der Waals surface area contributed by atoms with Crippen LogP contribution in [0.25, 0.3) is 0 Å². The van der Waals surface area contributed by atoms with Gasteiger partial charge in [-0.15, -0.1) is 0 Å². The van der Waals surface area contributed by atoms with Crippen LogP contribution in [0.1, 0.15) is 44.9 Å². The molecule has 1 aliphatic heterocycles. The second kappa shape index (κ2) is 7.39. The molecule has 1 aliphatic carbocycles. The van der Waals surface area contributed by atoms with Crippen LogP contribution in [0, 0.1) is 5.92 Å². The van der Waals surface area contributed by atoms with Crippen LogP contribution in [-0.4, -0.2) is 42.1 Å². The maximum absolute atomic E-state index is 11.9. The number of amides is 1. The quantitative estimate of drug-likeness (QED) is 0.721. The van der Waals surface area contributed by atoms with Gasteiger partial charge in [0.15, 0.2) is 0 Å². The van der Waals surface area contributed by atoms with Crippen LogP contribution in [0.15, 0.2) is 0 Å². The lowest BCUT2D eigenvalue weighted by molar-refractivity contribution is -0.128. The number of rotatable bonds is 7. The lowest BCUT2D eigenvalue weighted by Crippen LogP contribution is -2.42. The Labute approximate surface area is 115 Å². The first-order valence-electron chi connectivity index (χ1n) is 7.34. The van der Waals surface area contributed by atoms with E-state index in [1.807, 2.05) is 11.8 Å². The molecule has 3 nitrogen and oxygen atoms in total. The van der Waals surface area contributed by atoms with Crippen molar-refractivity contribution in [3.8, 4) is 0 Å². The third-order valence-corrected chi connectivity index (χ3v) is 4.91. The highest BCUT2D eigenvalue weighted by Crippen LogP contribution is 2.30. The Balaban J connectivity index is 1.74. The molecular formula is C14H26N2OS. The van der Waals surface area contributed by atoms with Crippen LogP contribution in [0.3, 0.4) is 0 Å². The van der Waals surface area contributed by atoms with Gasteiger partial charge in [-0.05, 0) is 43.6 Å². The normalized spacial score (nSPS) is 25.3. The van der Waals surface area contributed by atoms with Gasteiger partial charge >= 0.3 is 0 Å². The molecule has 1 amide bonds. The largest absolute Gasteiger partial charge is 0.326 e. The predicted octanol–water partition coefficient (Wildman–Crippen LogP) is 2.47. The van der Waals surface area contributed by atoms with Crippen molar-refractivity contribution >= 4 is 17.7 Å². The van der Waals surface area contributed by atoms with Gasteiger partial charge in [0.2, 0.25) is 5.91 Å². The molecule has 0 spiro atoms. The van der Waals surface area contributed by atoms with Crippen LogP contribution in [0.5, 0.6) is 0 Å². The van der Waals surface area contributed by atoms with Crippen molar-refractivity contribution in [1.82, 2.24) is 10.2 Å². The molecule has 1 saturated carbocycles. The van der Waals surface area contributed by atoms with Crippen molar-refractivity contribution in [2.45, 2.75) is 51.1 Å². The summed E-state index contributed by atoms with van der Waals surface area (Å²) in [5.74, 6) is 2.28. The second-order valence-corrected chi connectivity index (χ2v) is 6.50. The monoisotopic (exact) mass is 270 g/mol. The topological polar surface area (TPSA) is 32.3 Å². The molecule has 1 unspecified atom stereocenters. The van der Waals surface area contributed by atoms with E-state index >= 15 is 0 Å². The summed E-state index contributed by atoms with van der Waals surface area (Å²) in [6.07, 6.45) is 11.5. The van der Waals surface area contributed by atoms with Gasteiger partial charge in [-0.1, -0.05) is 19.3 Å². The molecule has 2 fully saturated rings. The standard InChI is InChI=1S/C14H26N2OS/c1-18-10-6-2-5-9-16-13(17)11-15-14(16)12-7-3-4-8-12/h12,14-15H,2-11H2,1H3. The number of carbonyl (C=O) groups excluding carboxylic acids is 1. The third-order valence-electron chi connectivity index (χ3n) is 4.21.